The number of anilines is 1. The third kappa shape index (κ3) is 6.13. The van der Waals surface area contributed by atoms with E-state index in [1.54, 1.807) is 0 Å². The van der Waals surface area contributed by atoms with Crippen molar-refractivity contribution in [2.45, 2.75) is 19.3 Å². The first kappa shape index (κ1) is 23.4. The molecule has 0 aliphatic rings. The van der Waals surface area contributed by atoms with Crippen LogP contribution in [0.4, 0.5) is 11.4 Å². The Hall–Kier alpha value is -4.27. The number of rotatable bonds is 10. The predicted molar refractivity (Wildman–Crippen MR) is 121 cm³/mol. The summed E-state index contributed by atoms with van der Waals surface area (Å²) in [6, 6.07) is 17.0. The van der Waals surface area contributed by atoms with Gasteiger partial charge in [0.1, 0.15) is 0 Å². The summed E-state index contributed by atoms with van der Waals surface area (Å²) in [6.45, 7) is -0.551. The number of methoxy groups -OCH3 is 1. The van der Waals surface area contributed by atoms with Crippen LogP contribution in [0.2, 0.25) is 0 Å². The number of nitrogens with one attached hydrogen (secondary N) is 1. The maximum Gasteiger partial charge on any atom is 0.311 e. The third-order valence-corrected chi connectivity index (χ3v) is 4.91. The topological polar surface area (TPSA) is 125 Å². The van der Waals surface area contributed by atoms with E-state index in [1.807, 2.05) is 42.5 Å². The molecule has 3 rings (SSSR count). The molecule has 0 atom stereocenters. The number of hydrogen-bond donors (Lipinski definition) is 1. The van der Waals surface area contributed by atoms with Gasteiger partial charge in [-0.15, -0.1) is 0 Å². The first-order valence-corrected chi connectivity index (χ1v) is 10.2. The second-order valence-electron chi connectivity index (χ2n) is 7.16. The van der Waals surface area contributed by atoms with Gasteiger partial charge in [0.15, 0.2) is 12.4 Å². The minimum absolute atomic E-state index is 0.0234. The van der Waals surface area contributed by atoms with Gasteiger partial charge in [-0.3, -0.25) is 24.5 Å². The Bertz CT molecular complexity index is 1200. The maximum absolute atomic E-state index is 12.2. The van der Waals surface area contributed by atoms with Crippen molar-refractivity contribution in [3.05, 3.63) is 76.3 Å². The van der Waals surface area contributed by atoms with E-state index in [-0.39, 0.29) is 42.2 Å². The Morgan fingerprint density at radius 3 is 2.52 bits per heavy atom. The molecule has 0 radical (unpaired) electrons. The van der Waals surface area contributed by atoms with Gasteiger partial charge in [-0.2, -0.15) is 0 Å². The molecule has 0 aromatic heterocycles. The zero-order valence-electron chi connectivity index (χ0n) is 17.9. The van der Waals surface area contributed by atoms with Crippen LogP contribution < -0.4 is 10.1 Å². The summed E-state index contributed by atoms with van der Waals surface area (Å²) in [5.41, 5.74) is 0.372. The minimum Gasteiger partial charge on any atom is -0.490 e. The largest absolute Gasteiger partial charge is 0.490 e. The molecule has 1 N–H and O–H groups in total. The number of carbonyl (C=O) groups excluding carboxylic acids is 3. The van der Waals surface area contributed by atoms with Crippen LogP contribution in [0.15, 0.2) is 60.7 Å². The number of carbonyl (C=O) groups is 3. The molecule has 9 heteroatoms. The first-order chi connectivity index (χ1) is 15.9. The molecular formula is C24H22N2O7. The van der Waals surface area contributed by atoms with Crippen LogP contribution in [0.3, 0.4) is 0 Å². The van der Waals surface area contributed by atoms with Gasteiger partial charge in [-0.05, 0) is 30.0 Å². The van der Waals surface area contributed by atoms with Gasteiger partial charge in [0.25, 0.3) is 0 Å². The van der Waals surface area contributed by atoms with Crippen molar-refractivity contribution >= 4 is 39.8 Å². The average Bonchev–Trinajstić information content (AvgIpc) is 2.82. The number of esters is 1. The molecule has 9 nitrogen and oxygen atoms in total. The predicted octanol–water partition coefficient (Wildman–Crippen LogP) is 4.29. The number of nitro benzene ring substituents is 1. The number of ketones is 1. The number of Topliss-reactive ketones (excluding diaryl/α,β-unsaturated/α-hetero) is 1. The second-order valence-corrected chi connectivity index (χ2v) is 7.16. The number of ether oxygens (including phenoxy) is 2. The van der Waals surface area contributed by atoms with E-state index in [0.29, 0.717) is 5.69 Å². The van der Waals surface area contributed by atoms with Gasteiger partial charge in [0.2, 0.25) is 11.7 Å². The molecule has 0 heterocycles. The second kappa shape index (κ2) is 10.9. The Kier molecular flexibility index (Phi) is 7.69. The van der Waals surface area contributed by atoms with Crippen LogP contribution in [0.25, 0.3) is 10.8 Å². The molecule has 0 aliphatic heterocycles. The summed E-state index contributed by atoms with van der Waals surface area (Å²) in [4.78, 5) is 46.8. The van der Waals surface area contributed by atoms with E-state index in [2.05, 4.69) is 5.32 Å². The van der Waals surface area contributed by atoms with E-state index in [9.17, 15) is 24.5 Å². The van der Waals surface area contributed by atoms with Crippen molar-refractivity contribution < 1.29 is 28.8 Å². The van der Waals surface area contributed by atoms with Crippen LogP contribution in [0.1, 0.15) is 29.6 Å². The molecule has 170 valence electrons. The molecule has 3 aromatic carbocycles. The van der Waals surface area contributed by atoms with Gasteiger partial charge in [-0.1, -0.05) is 36.4 Å². The Labute approximate surface area is 189 Å². The summed E-state index contributed by atoms with van der Waals surface area (Å²) in [5, 5.41) is 15.8. The fraction of sp³-hybridized carbons (Fsp3) is 0.208. The smallest absolute Gasteiger partial charge is 0.311 e. The van der Waals surface area contributed by atoms with Crippen molar-refractivity contribution in [3.63, 3.8) is 0 Å². The lowest BCUT2D eigenvalue weighted by atomic mass is 10.1. The van der Waals surface area contributed by atoms with E-state index in [0.717, 1.165) is 16.8 Å². The maximum atomic E-state index is 12.2. The zero-order valence-corrected chi connectivity index (χ0v) is 17.9. The van der Waals surface area contributed by atoms with Crippen molar-refractivity contribution in [2.75, 3.05) is 19.0 Å². The SMILES string of the molecule is COc1ccc(C(=O)COC(=O)CCCC(=O)Nc2cccc3ccccc23)cc1[N+](=O)[O-]. The third-order valence-electron chi connectivity index (χ3n) is 4.91. The van der Waals surface area contributed by atoms with Gasteiger partial charge in [0, 0.05) is 35.5 Å². The van der Waals surface area contributed by atoms with Crippen LogP contribution in [-0.2, 0) is 14.3 Å². The number of benzene rings is 3. The van der Waals surface area contributed by atoms with E-state index in [1.165, 1.54) is 19.2 Å². The highest BCUT2D eigenvalue weighted by Crippen LogP contribution is 2.27. The Balaban J connectivity index is 1.45. The standard InChI is InChI=1S/C24H22N2O7/c1-32-22-13-12-17(14-20(22)26(30)31)21(27)15-33-24(29)11-5-10-23(28)25-19-9-4-7-16-6-2-3-8-18(16)19/h2-4,6-9,12-14H,5,10-11,15H2,1H3,(H,25,28). The summed E-state index contributed by atoms with van der Waals surface area (Å²) in [6.07, 6.45) is 0.313. The highest BCUT2D eigenvalue weighted by molar-refractivity contribution is 6.02. The molecular weight excluding hydrogens is 428 g/mol. The van der Waals surface area contributed by atoms with E-state index in [4.69, 9.17) is 9.47 Å². The average molecular weight is 450 g/mol. The highest BCUT2D eigenvalue weighted by Gasteiger charge is 2.19. The molecule has 0 saturated heterocycles. The lowest BCUT2D eigenvalue weighted by Crippen LogP contribution is -2.16. The summed E-state index contributed by atoms with van der Waals surface area (Å²) in [5.74, 6) is -1.43. The monoisotopic (exact) mass is 450 g/mol. The summed E-state index contributed by atoms with van der Waals surface area (Å²) >= 11 is 0. The van der Waals surface area contributed by atoms with Crippen LogP contribution >= 0.6 is 0 Å². The van der Waals surface area contributed by atoms with Crippen molar-refractivity contribution in [3.8, 4) is 5.75 Å². The molecule has 33 heavy (non-hydrogen) atoms. The van der Waals surface area contributed by atoms with Gasteiger partial charge in [-0.25, -0.2) is 0 Å². The van der Waals surface area contributed by atoms with Gasteiger partial charge < -0.3 is 14.8 Å². The van der Waals surface area contributed by atoms with Gasteiger partial charge in [0.05, 0.1) is 12.0 Å². The molecule has 0 saturated carbocycles. The summed E-state index contributed by atoms with van der Waals surface area (Å²) in [7, 11) is 1.29. The minimum atomic E-state index is -0.662. The molecule has 0 spiro atoms. The molecule has 0 bridgehead atoms. The molecule has 3 aromatic rings. The quantitative estimate of drug-likeness (QED) is 0.211. The first-order valence-electron chi connectivity index (χ1n) is 10.2. The molecule has 0 fully saturated rings. The number of amides is 1. The van der Waals surface area contributed by atoms with Crippen molar-refractivity contribution in [1.29, 1.82) is 0 Å². The van der Waals surface area contributed by atoms with Crippen LogP contribution in [0, 0.1) is 10.1 Å². The Morgan fingerprint density at radius 2 is 1.76 bits per heavy atom. The Morgan fingerprint density at radius 1 is 1.00 bits per heavy atom. The molecule has 0 aliphatic carbocycles. The molecule has 1 amide bonds. The molecule has 0 unspecified atom stereocenters. The lowest BCUT2D eigenvalue weighted by Gasteiger charge is -2.09. The summed E-state index contributed by atoms with van der Waals surface area (Å²) < 4.78 is 9.84. The number of hydrogen-bond acceptors (Lipinski definition) is 7. The number of nitrogens with zero attached hydrogens (tertiary/aromatic N) is 1. The lowest BCUT2D eigenvalue weighted by molar-refractivity contribution is -0.385. The zero-order chi connectivity index (χ0) is 23.8. The van der Waals surface area contributed by atoms with Crippen LogP contribution in [0.5, 0.6) is 5.75 Å². The van der Waals surface area contributed by atoms with E-state index < -0.39 is 23.3 Å². The number of fused-ring (bicyclic) bond motifs is 1. The van der Waals surface area contributed by atoms with Crippen molar-refractivity contribution in [2.24, 2.45) is 0 Å². The van der Waals surface area contributed by atoms with Crippen LogP contribution in [-0.4, -0.2) is 36.3 Å². The van der Waals surface area contributed by atoms with Crippen molar-refractivity contribution in [1.82, 2.24) is 0 Å². The highest BCUT2D eigenvalue weighted by atomic mass is 16.6. The number of nitro groups is 1. The normalized spacial score (nSPS) is 10.5. The van der Waals surface area contributed by atoms with E-state index >= 15 is 0 Å². The fourth-order valence-corrected chi connectivity index (χ4v) is 3.25. The van der Waals surface area contributed by atoms with Gasteiger partial charge >= 0.3 is 11.7 Å². The fourth-order valence-electron chi connectivity index (χ4n) is 3.25.